The van der Waals surface area contributed by atoms with Gasteiger partial charge in [0.05, 0.1) is 22.5 Å². The van der Waals surface area contributed by atoms with Gasteiger partial charge in [0, 0.05) is 65.2 Å². The van der Waals surface area contributed by atoms with Crippen molar-refractivity contribution in [3.05, 3.63) is 35.4 Å². The molecular formula is C34H42ClFN8O6. The molecule has 0 aliphatic carbocycles. The summed E-state index contributed by atoms with van der Waals surface area (Å²) in [4.78, 5) is 32.9. The SMILES string of the molecule is CO[C@@H]1CN(C)C[C@H]1Oc1nc(N2CCN(C(=O)OC(C)(C)C)CC2)c2ccnc(Oc3c(Cl)c(F)cc4c3cnn4C3CCCCO3)c2n1. The number of methoxy groups -OCH3 is 1. The Morgan fingerprint density at radius 2 is 1.86 bits per heavy atom. The third kappa shape index (κ3) is 6.96. The van der Waals surface area contributed by atoms with Gasteiger partial charge in [0.25, 0.3) is 0 Å². The summed E-state index contributed by atoms with van der Waals surface area (Å²) in [6, 6.07) is 3.25. The maximum absolute atomic E-state index is 15.4. The van der Waals surface area contributed by atoms with Crippen molar-refractivity contribution < 1.29 is 32.9 Å². The zero-order chi connectivity index (χ0) is 35.2. The van der Waals surface area contributed by atoms with Gasteiger partial charge in [-0.1, -0.05) is 11.6 Å². The van der Waals surface area contributed by atoms with Crippen LogP contribution in [0.5, 0.6) is 17.6 Å². The Labute approximate surface area is 294 Å². The number of anilines is 1. The first-order valence-electron chi connectivity index (χ1n) is 16.9. The number of piperazine rings is 1. The van der Waals surface area contributed by atoms with Gasteiger partial charge >= 0.3 is 12.1 Å². The molecule has 3 saturated heterocycles. The van der Waals surface area contributed by atoms with Crippen LogP contribution in [0.1, 0.15) is 46.3 Å². The van der Waals surface area contributed by atoms with E-state index in [1.54, 1.807) is 35.2 Å². The Bertz CT molecular complexity index is 1870. The second kappa shape index (κ2) is 13.9. The molecule has 0 saturated carbocycles. The van der Waals surface area contributed by atoms with Gasteiger partial charge in [0.1, 0.15) is 40.0 Å². The Hall–Kier alpha value is -4.05. The van der Waals surface area contributed by atoms with Crippen LogP contribution in [0, 0.1) is 5.82 Å². The first kappa shape index (κ1) is 34.4. The maximum Gasteiger partial charge on any atom is 0.410 e. The molecule has 3 aliphatic rings. The van der Waals surface area contributed by atoms with Crippen LogP contribution < -0.4 is 14.4 Å². The molecule has 0 radical (unpaired) electrons. The molecule has 1 unspecified atom stereocenters. The molecule has 14 nitrogen and oxygen atoms in total. The van der Waals surface area contributed by atoms with Crippen LogP contribution in [0.3, 0.4) is 0 Å². The lowest BCUT2D eigenvalue weighted by atomic mass is 10.2. The summed E-state index contributed by atoms with van der Waals surface area (Å²) in [6.07, 6.45) is 4.70. The monoisotopic (exact) mass is 712 g/mol. The summed E-state index contributed by atoms with van der Waals surface area (Å²) in [5.41, 5.74) is 0.241. The minimum atomic E-state index is -0.662. The summed E-state index contributed by atoms with van der Waals surface area (Å²) in [6.45, 7) is 9.27. The number of benzene rings is 1. The smallest absolute Gasteiger partial charge is 0.410 e. The Morgan fingerprint density at radius 1 is 1.08 bits per heavy atom. The van der Waals surface area contributed by atoms with Gasteiger partial charge in [0.15, 0.2) is 12.0 Å². The molecule has 16 heteroatoms. The van der Waals surface area contributed by atoms with E-state index in [1.807, 2.05) is 27.8 Å². The van der Waals surface area contributed by atoms with Crippen LogP contribution in [-0.4, -0.2) is 118 Å². The van der Waals surface area contributed by atoms with E-state index >= 15 is 4.39 Å². The molecule has 3 aliphatic heterocycles. The van der Waals surface area contributed by atoms with Gasteiger partial charge in [0.2, 0.25) is 5.88 Å². The predicted molar refractivity (Wildman–Crippen MR) is 184 cm³/mol. The summed E-state index contributed by atoms with van der Waals surface area (Å²) < 4.78 is 47.1. The van der Waals surface area contributed by atoms with E-state index in [0.29, 0.717) is 73.5 Å². The van der Waals surface area contributed by atoms with Crippen molar-refractivity contribution in [2.24, 2.45) is 0 Å². The molecule has 3 atom stereocenters. The van der Waals surface area contributed by atoms with E-state index in [2.05, 4.69) is 19.9 Å². The predicted octanol–water partition coefficient (Wildman–Crippen LogP) is 5.42. The number of carbonyl (C=O) groups excluding carboxylic acids is 1. The number of amides is 1. The number of aromatic nitrogens is 5. The van der Waals surface area contributed by atoms with Crippen LogP contribution in [0.4, 0.5) is 15.0 Å². The highest BCUT2D eigenvalue weighted by molar-refractivity contribution is 6.33. The lowest BCUT2D eigenvalue weighted by Gasteiger charge is -2.36. The van der Waals surface area contributed by atoms with E-state index in [1.165, 1.54) is 6.07 Å². The number of fused-ring (bicyclic) bond motifs is 2. The van der Waals surface area contributed by atoms with E-state index in [0.717, 1.165) is 19.3 Å². The number of likely N-dealkylation sites (N-methyl/N-ethyl adjacent to an activating group) is 1. The summed E-state index contributed by atoms with van der Waals surface area (Å²) in [5, 5.41) is 5.46. The molecule has 6 heterocycles. The average Bonchev–Trinajstić information content (AvgIpc) is 3.68. The number of ether oxygens (including phenoxy) is 5. The van der Waals surface area contributed by atoms with Gasteiger partial charge in [-0.2, -0.15) is 15.1 Å². The van der Waals surface area contributed by atoms with E-state index in [4.69, 9.17) is 45.3 Å². The molecular weight excluding hydrogens is 671 g/mol. The first-order valence-corrected chi connectivity index (χ1v) is 17.3. The number of pyridine rings is 1. The van der Waals surface area contributed by atoms with E-state index < -0.39 is 11.4 Å². The van der Waals surface area contributed by atoms with Crippen LogP contribution in [0.2, 0.25) is 5.02 Å². The molecule has 7 rings (SSSR count). The number of hydrogen-bond acceptors (Lipinski definition) is 12. The Kier molecular flexibility index (Phi) is 9.58. The number of likely N-dealkylation sites (tertiary alicyclic amines) is 1. The second-order valence-corrected chi connectivity index (χ2v) is 14.3. The number of carbonyl (C=O) groups is 1. The fourth-order valence-corrected chi connectivity index (χ4v) is 6.83. The molecule has 4 aromatic rings. The Balaban J connectivity index is 1.26. The number of halogens is 2. The third-order valence-corrected chi connectivity index (χ3v) is 9.46. The molecule has 0 N–H and O–H groups in total. The fourth-order valence-electron chi connectivity index (χ4n) is 6.63. The molecule has 268 valence electrons. The highest BCUT2D eigenvalue weighted by Crippen LogP contribution is 2.42. The largest absolute Gasteiger partial charge is 0.456 e. The highest BCUT2D eigenvalue weighted by atomic mass is 35.5. The van der Waals surface area contributed by atoms with Crippen molar-refractivity contribution in [2.45, 2.75) is 64.1 Å². The van der Waals surface area contributed by atoms with Crippen molar-refractivity contribution >= 4 is 45.3 Å². The third-order valence-electron chi connectivity index (χ3n) is 9.11. The zero-order valence-electron chi connectivity index (χ0n) is 28.9. The fraction of sp³-hybridized carbons (Fsp3) is 0.559. The molecule has 1 amide bonds. The minimum Gasteiger partial charge on any atom is -0.456 e. The molecule has 0 bridgehead atoms. The summed E-state index contributed by atoms with van der Waals surface area (Å²) >= 11 is 6.57. The number of rotatable bonds is 7. The quantitative estimate of drug-likeness (QED) is 0.243. The molecule has 1 aromatic carbocycles. The van der Waals surface area contributed by atoms with Crippen molar-refractivity contribution in [3.8, 4) is 17.6 Å². The molecule has 0 spiro atoms. The normalized spacial score (nSPS) is 22.0. The van der Waals surface area contributed by atoms with E-state index in [9.17, 15) is 4.79 Å². The maximum atomic E-state index is 15.4. The second-order valence-electron chi connectivity index (χ2n) is 13.9. The van der Waals surface area contributed by atoms with Gasteiger partial charge in [-0.3, -0.25) is 4.90 Å². The average molecular weight is 713 g/mol. The van der Waals surface area contributed by atoms with Crippen molar-refractivity contribution in [2.75, 3.05) is 64.9 Å². The van der Waals surface area contributed by atoms with Gasteiger partial charge in [-0.25, -0.2) is 18.9 Å². The molecule has 50 heavy (non-hydrogen) atoms. The summed E-state index contributed by atoms with van der Waals surface area (Å²) in [5.74, 6) is 0.0733. The summed E-state index contributed by atoms with van der Waals surface area (Å²) in [7, 11) is 3.65. The van der Waals surface area contributed by atoms with Gasteiger partial charge < -0.3 is 33.5 Å². The minimum absolute atomic E-state index is 0.0641. The highest BCUT2D eigenvalue weighted by Gasteiger charge is 2.35. The van der Waals surface area contributed by atoms with Crippen LogP contribution in [0.25, 0.3) is 21.8 Å². The van der Waals surface area contributed by atoms with Crippen LogP contribution in [0.15, 0.2) is 24.5 Å². The lowest BCUT2D eigenvalue weighted by Crippen LogP contribution is -2.50. The number of nitrogens with zero attached hydrogens (tertiary/aromatic N) is 8. The molecule has 3 aromatic heterocycles. The van der Waals surface area contributed by atoms with Gasteiger partial charge in [-0.05, 0) is 53.1 Å². The molecule has 3 fully saturated rings. The topological polar surface area (TPSA) is 129 Å². The zero-order valence-corrected chi connectivity index (χ0v) is 29.7. The Morgan fingerprint density at radius 3 is 2.58 bits per heavy atom. The first-order chi connectivity index (χ1) is 24.0. The van der Waals surface area contributed by atoms with Crippen molar-refractivity contribution in [3.63, 3.8) is 0 Å². The van der Waals surface area contributed by atoms with Crippen molar-refractivity contribution in [1.29, 1.82) is 0 Å². The lowest BCUT2D eigenvalue weighted by molar-refractivity contribution is -0.0367. The van der Waals surface area contributed by atoms with Gasteiger partial charge in [-0.15, -0.1) is 0 Å². The van der Waals surface area contributed by atoms with E-state index in [-0.39, 0.29) is 47.2 Å². The van der Waals surface area contributed by atoms with Crippen molar-refractivity contribution in [1.82, 2.24) is 34.5 Å². The standard InChI is InChI=1S/C34H42ClFN8O6/c1-34(2,3)50-33(45)43-13-11-42(12-14-43)30-20-9-10-37-31(28(20)39-32(40-30)48-25-19-41(4)18-24(25)46-5)49-29-21-17-38-44(26-8-6-7-15-47-26)23(21)16-22(36)27(29)35/h9-10,16-17,24-26H,6-8,11-15,18-19H2,1-5H3/t24-,25-,26?/m1/s1. The number of hydrogen-bond donors (Lipinski definition) is 0. The van der Waals surface area contributed by atoms with Crippen LogP contribution >= 0.6 is 11.6 Å². The van der Waals surface area contributed by atoms with Crippen LogP contribution in [-0.2, 0) is 14.2 Å².